The quantitative estimate of drug-likeness (QED) is 0.867. The first-order valence-electron chi connectivity index (χ1n) is 7.07. The molecule has 1 saturated carbocycles. The maximum atomic E-state index is 6.40. The van der Waals surface area contributed by atoms with Crippen molar-refractivity contribution in [3.8, 4) is 0 Å². The van der Waals surface area contributed by atoms with E-state index in [1.165, 1.54) is 24.8 Å². The summed E-state index contributed by atoms with van der Waals surface area (Å²) in [5, 5.41) is 0.852. The minimum atomic E-state index is 0.250. The molecule has 4 atom stereocenters. The van der Waals surface area contributed by atoms with Gasteiger partial charge < -0.3 is 5.73 Å². The molecule has 0 radical (unpaired) electrons. The maximum Gasteiger partial charge on any atom is 0.0438 e. The highest BCUT2D eigenvalue weighted by Crippen LogP contribution is 2.35. The molecular formula is C16H24ClN. The van der Waals surface area contributed by atoms with Gasteiger partial charge in [-0.1, -0.05) is 50.1 Å². The van der Waals surface area contributed by atoms with Crippen LogP contribution in [0, 0.1) is 17.8 Å². The van der Waals surface area contributed by atoms with Crippen LogP contribution in [0.2, 0.25) is 5.02 Å². The van der Waals surface area contributed by atoms with E-state index in [-0.39, 0.29) is 6.04 Å². The molecule has 1 fully saturated rings. The molecule has 100 valence electrons. The van der Waals surface area contributed by atoms with Gasteiger partial charge in [0.15, 0.2) is 0 Å². The van der Waals surface area contributed by atoms with Gasteiger partial charge in [-0.25, -0.2) is 0 Å². The molecule has 18 heavy (non-hydrogen) atoms. The molecule has 2 rings (SSSR count). The third kappa shape index (κ3) is 3.27. The summed E-state index contributed by atoms with van der Waals surface area (Å²) in [6.45, 7) is 4.72. The first-order valence-corrected chi connectivity index (χ1v) is 7.44. The zero-order valence-electron chi connectivity index (χ0n) is 11.4. The van der Waals surface area contributed by atoms with Crippen molar-refractivity contribution in [3.63, 3.8) is 0 Å². The van der Waals surface area contributed by atoms with Crippen molar-refractivity contribution in [1.29, 1.82) is 0 Å². The Morgan fingerprint density at radius 3 is 2.61 bits per heavy atom. The summed E-state index contributed by atoms with van der Waals surface area (Å²) in [5.41, 5.74) is 7.59. The van der Waals surface area contributed by atoms with Gasteiger partial charge in [0, 0.05) is 11.1 Å². The molecule has 1 aliphatic carbocycles. The van der Waals surface area contributed by atoms with Crippen LogP contribution < -0.4 is 5.73 Å². The van der Waals surface area contributed by atoms with Crippen LogP contribution in [0.25, 0.3) is 0 Å². The summed E-state index contributed by atoms with van der Waals surface area (Å²) in [5.74, 6) is 2.32. The third-order valence-electron chi connectivity index (χ3n) is 4.66. The van der Waals surface area contributed by atoms with Crippen LogP contribution >= 0.6 is 11.6 Å². The highest BCUT2D eigenvalue weighted by Gasteiger charge is 2.28. The summed E-state index contributed by atoms with van der Waals surface area (Å²) in [6.07, 6.45) is 4.78. The van der Waals surface area contributed by atoms with Gasteiger partial charge in [0.1, 0.15) is 0 Å². The van der Waals surface area contributed by atoms with Gasteiger partial charge >= 0.3 is 0 Å². The van der Waals surface area contributed by atoms with E-state index in [1.807, 2.05) is 18.2 Å². The van der Waals surface area contributed by atoms with E-state index < -0.39 is 0 Å². The molecule has 0 spiro atoms. The van der Waals surface area contributed by atoms with Crippen LogP contribution in [-0.2, 0) is 6.42 Å². The molecule has 0 aliphatic heterocycles. The Kier molecular flexibility index (Phi) is 4.69. The Labute approximate surface area is 116 Å². The Morgan fingerprint density at radius 2 is 1.94 bits per heavy atom. The normalized spacial score (nSPS) is 30.1. The topological polar surface area (TPSA) is 26.0 Å². The summed E-state index contributed by atoms with van der Waals surface area (Å²) < 4.78 is 0. The average Bonchev–Trinajstić information content (AvgIpc) is 2.35. The fraction of sp³-hybridized carbons (Fsp3) is 0.625. The van der Waals surface area contributed by atoms with Gasteiger partial charge in [0.05, 0.1) is 0 Å². The number of hydrogen-bond donors (Lipinski definition) is 1. The number of rotatable bonds is 3. The van der Waals surface area contributed by atoms with Crippen LogP contribution in [0.4, 0.5) is 0 Å². The van der Waals surface area contributed by atoms with E-state index in [0.717, 1.165) is 23.3 Å². The molecular weight excluding hydrogens is 242 g/mol. The Morgan fingerprint density at radius 1 is 1.22 bits per heavy atom. The lowest BCUT2D eigenvalue weighted by Crippen LogP contribution is -2.37. The van der Waals surface area contributed by atoms with E-state index in [1.54, 1.807) is 0 Å². The highest BCUT2D eigenvalue weighted by molar-refractivity contribution is 6.31. The Hall–Kier alpha value is -0.530. The molecule has 1 aromatic carbocycles. The zero-order valence-corrected chi connectivity index (χ0v) is 12.2. The van der Waals surface area contributed by atoms with Gasteiger partial charge in [-0.05, 0) is 48.6 Å². The molecule has 1 nitrogen and oxygen atoms in total. The Balaban J connectivity index is 1.96. The van der Waals surface area contributed by atoms with Gasteiger partial charge in [-0.3, -0.25) is 0 Å². The van der Waals surface area contributed by atoms with Gasteiger partial charge in [0.2, 0.25) is 0 Å². The summed E-state index contributed by atoms with van der Waals surface area (Å²) in [4.78, 5) is 0. The van der Waals surface area contributed by atoms with Gasteiger partial charge in [0.25, 0.3) is 0 Å². The molecule has 0 bridgehead atoms. The first kappa shape index (κ1) is 13.9. The lowest BCUT2D eigenvalue weighted by Gasteiger charge is -2.35. The SMILES string of the molecule is CC1CCC(C(N)Cc2ccccc2Cl)CC1C. The van der Waals surface area contributed by atoms with Crippen LogP contribution in [0.1, 0.15) is 38.7 Å². The van der Waals surface area contributed by atoms with E-state index >= 15 is 0 Å². The molecule has 2 heteroatoms. The fourth-order valence-electron chi connectivity index (χ4n) is 3.06. The number of benzene rings is 1. The lowest BCUT2D eigenvalue weighted by atomic mass is 9.72. The van der Waals surface area contributed by atoms with Crippen molar-refractivity contribution in [2.24, 2.45) is 23.5 Å². The second kappa shape index (κ2) is 6.08. The monoisotopic (exact) mass is 265 g/mol. The molecule has 0 heterocycles. The smallest absolute Gasteiger partial charge is 0.0438 e. The lowest BCUT2D eigenvalue weighted by molar-refractivity contribution is 0.185. The van der Waals surface area contributed by atoms with E-state index in [4.69, 9.17) is 17.3 Å². The number of halogens is 1. The number of hydrogen-bond acceptors (Lipinski definition) is 1. The van der Waals surface area contributed by atoms with E-state index in [0.29, 0.717) is 5.92 Å². The average molecular weight is 266 g/mol. The summed E-state index contributed by atoms with van der Waals surface area (Å²) >= 11 is 6.20. The van der Waals surface area contributed by atoms with Crippen LogP contribution in [-0.4, -0.2) is 6.04 Å². The van der Waals surface area contributed by atoms with E-state index in [9.17, 15) is 0 Å². The third-order valence-corrected chi connectivity index (χ3v) is 5.03. The predicted octanol–water partition coefficient (Wildman–Crippen LogP) is 4.28. The van der Waals surface area contributed by atoms with Crippen LogP contribution in [0.15, 0.2) is 24.3 Å². The van der Waals surface area contributed by atoms with E-state index in [2.05, 4.69) is 19.9 Å². The van der Waals surface area contributed by atoms with Crippen molar-refractivity contribution in [3.05, 3.63) is 34.9 Å². The molecule has 0 aromatic heterocycles. The van der Waals surface area contributed by atoms with Gasteiger partial charge in [-0.2, -0.15) is 0 Å². The van der Waals surface area contributed by atoms with Crippen LogP contribution in [0.3, 0.4) is 0 Å². The second-order valence-electron chi connectivity index (χ2n) is 5.99. The summed E-state index contributed by atoms with van der Waals surface area (Å²) in [7, 11) is 0. The molecule has 1 aromatic rings. The predicted molar refractivity (Wildman–Crippen MR) is 78.8 cm³/mol. The first-order chi connectivity index (χ1) is 8.58. The Bertz CT molecular complexity index is 390. The van der Waals surface area contributed by atoms with Crippen molar-refractivity contribution < 1.29 is 0 Å². The minimum absolute atomic E-state index is 0.250. The highest BCUT2D eigenvalue weighted by atomic mass is 35.5. The van der Waals surface area contributed by atoms with Crippen molar-refractivity contribution >= 4 is 11.6 Å². The summed E-state index contributed by atoms with van der Waals surface area (Å²) in [6, 6.07) is 8.31. The van der Waals surface area contributed by atoms with Gasteiger partial charge in [-0.15, -0.1) is 0 Å². The van der Waals surface area contributed by atoms with Crippen molar-refractivity contribution in [1.82, 2.24) is 0 Å². The molecule has 2 N–H and O–H groups in total. The van der Waals surface area contributed by atoms with Crippen LogP contribution in [0.5, 0.6) is 0 Å². The fourth-order valence-corrected chi connectivity index (χ4v) is 3.28. The molecule has 0 saturated heterocycles. The largest absolute Gasteiger partial charge is 0.327 e. The number of nitrogens with two attached hydrogens (primary N) is 1. The molecule has 1 aliphatic rings. The molecule has 0 amide bonds. The maximum absolute atomic E-state index is 6.40. The van der Waals surface area contributed by atoms with Crippen molar-refractivity contribution in [2.45, 2.75) is 45.6 Å². The second-order valence-corrected chi connectivity index (χ2v) is 6.39. The minimum Gasteiger partial charge on any atom is -0.327 e. The molecule has 4 unspecified atom stereocenters. The standard InChI is InChI=1S/C16H24ClN/c1-11-7-8-14(9-12(11)2)16(18)10-13-5-3-4-6-15(13)17/h3-6,11-12,14,16H,7-10,18H2,1-2H3. The zero-order chi connectivity index (χ0) is 13.1. The van der Waals surface area contributed by atoms with Crippen molar-refractivity contribution in [2.75, 3.05) is 0 Å².